The minimum atomic E-state index is -0.149. The molecular formula is C14H27Cl2N3O2. The molecule has 0 aromatic rings. The highest BCUT2D eigenvalue weighted by molar-refractivity contribution is 5.85. The van der Waals surface area contributed by atoms with Crippen molar-refractivity contribution in [3.05, 3.63) is 0 Å². The first-order chi connectivity index (χ1) is 9.25. The van der Waals surface area contributed by atoms with E-state index in [1.54, 1.807) is 0 Å². The molecule has 21 heavy (non-hydrogen) atoms. The molecule has 0 spiro atoms. The maximum atomic E-state index is 12.5. The van der Waals surface area contributed by atoms with Crippen LogP contribution < -0.4 is 5.32 Å². The molecule has 5 nitrogen and oxygen atoms in total. The number of morpholine rings is 1. The molecule has 1 saturated carbocycles. The lowest BCUT2D eigenvalue weighted by Crippen LogP contribution is -2.60. The highest BCUT2D eigenvalue weighted by Gasteiger charge is 2.34. The van der Waals surface area contributed by atoms with E-state index in [2.05, 4.69) is 10.2 Å². The second kappa shape index (κ2) is 8.53. The minimum Gasteiger partial charge on any atom is -0.375 e. The standard InChI is InChI=1S/C14H25N3O2.2ClH/c1-11-13(15-5-10-19-11)14(18)17-8-6-16(7-9-17)12-3-2-4-12;;/h11-13,15H,2-10H2,1H3;2*1H/t11-,13+;;/m1../s1. The predicted molar refractivity (Wildman–Crippen MR) is 87.5 cm³/mol. The van der Waals surface area contributed by atoms with Gasteiger partial charge in [0.2, 0.25) is 5.91 Å². The van der Waals surface area contributed by atoms with Crippen LogP contribution in [0.15, 0.2) is 0 Å². The van der Waals surface area contributed by atoms with Gasteiger partial charge in [-0.3, -0.25) is 9.69 Å². The van der Waals surface area contributed by atoms with E-state index in [0.717, 1.165) is 38.8 Å². The van der Waals surface area contributed by atoms with Crippen molar-refractivity contribution in [3.63, 3.8) is 0 Å². The summed E-state index contributed by atoms with van der Waals surface area (Å²) in [7, 11) is 0. The van der Waals surface area contributed by atoms with Crippen LogP contribution in [0.25, 0.3) is 0 Å². The average molecular weight is 340 g/mol. The van der Waals surface area contributed by atoms with Gasteiger partial charge in [0.1, 0.15) is 6.04 Å². The van der Waals surface area contributed by atoms with Crippen molar-refractivity contribution in [2.24, 2.45) is 0 Å². The molecule has 0 radical (unpaired) electrons. The molecule has 1 N–H and O–H groups in total. The Morgan fingerprint density at radius 2 is 1.81 bits per heavy atom. The Morgan fingerprint density at radius 3 is 2.33 bits per heavy atom. The van der Waals surface area contributed by atoms with Crippen LogP contribution in [0.2, 0.25) is 0 Å². The molecule has 7 heteroatoms. The Labute approximate surface area is 139 Å². The molecule has 0 bridgehead atoms. The number of halogens is 2. The van der Waals surface area contributed by atoms with Crippen LogP contribution in [0.1, 0.15) is 26.2 Å². The van der Waals surface area contributed by atoms with E-state index in [9.17, 15) is 4.79 Å². The van der Waals surface area contributed by atoms with Crippen molar-refractivity contribution in [3.8, 4) is 0 Å². The summed E-state index contributed by atoms with van der Waals surface area (Å²) in [6, 6.07) is 0.649. The van der Waals surface area contributed by atoms with Crippen molar-refractivity contribution in [2.45, 2.75) is 44.4 Å². The Kier molecular flexibility index (Phi) is 7.71. The number of carbonyl (C=O) groups excluding carboxylic acids is 1. The van der Waals surface area contributed by atoms with Crippen LogP contribution in [0, 0.1) is 0 Å². The normalized spacial score (nSPS) is 30.8. The van der Waals surface area contributed by atoms with Gasteiger partial charge in [-0.25, -0.2) is 0 Å². The number of hydrogen-bond acceptors (Lipinski definition) is 4. The molecule has 124 valence electrons. The van der Waals surface area contributed by atoms with Gasteiger partial charge in [-0.15, -0.1) is 24.8 Å². The zero-order valence-electron chi connectivity index (χ0n) is 12.6. The summed E-state index contributed by atoms with van der Waals surface area (Å²) in [6.07, 6.45) is 4.07. The van der Waals surface area contributed by atoms with E-state index in [1.807, 2.05) is 11.8 Å². The van der Waals surface area contributed by atoms with Gasteiger partial charge in [0.15, 0.2) is 0 Å². The Hall–Kier alpha value is -0.0700. The fraction of sp³-hybridized carbons (Fsp3) is 0.929. The molecule has 0 unspecified atom stereocenters. The first kappa shape index (κ1) is 19.0. The fourth-order valence-corrected chi connectivity index (χ4v) is 3.27. The van der Waals surface area contributed by atoms with Crippen molar-refractivity contribution in [1.82, 2.24) is 15.1 Å². The lowest BCUT2D eigenvalue weighted by molar-refractivity contribution is -0.141. The molecule has 2 heterocycles. The smallest absolute Gasteiger partial charge is 0.242 e. The highest BCUT2D eigenvalue weighted by atomic mass is 35.5. The summed E-state index contributed by atoms with van der Waals surface area (Å²) < 4.78 is 5.57. The van der Waals surface area contributed by atoms with E-state index in [1.165, 1.54) is 19.3 Å². The molecule has 0 aromatic heterocycles. The van der Waals surface area contributed by atoms with Gasteiger partial charge in [-0.05, 0) is 19.8 Å². The highest BCUT2D eigenvalue weighted by Crippen LogP contribution is 2.25. The SMILES string of the molecule is C[C@H]1OCCN[C@@H]1C(=O)N1CCN(C2CCC2)CC1.Cl.Cl. The Balaban J connectivity index is 0.00000110. The maximum Gasteiger partial charge on any atom is 0.242 e. The summed E-state index contributed by atoms with van der Waals surface area (Å²) in [5.74, 6) is 0.223. The van der Waals surface area contributed by atoms with Crippen LogP contribution in [-0.4, -0.2) is 73.2 Å². The predicted octanol–water partition coefficient (Wildman–Crippen LogP) is 0.904. The van der Waals surface area contributed by atoms with E-state index in [0.29, 0.717) is 6.61 Å². The maximum absolute atomic E-state index is 12.5. The zero-order valence-corrected chi connectivity index (χ0v) is 14.3. The van der Waals surface area contributed by atoms with Gasteiger partial charge in [-0.1, -0.05) is 6.42 Å². The molecule has 1 aliphatic carbocycles. The largest absolute Gasteiger partial charge is 0.375 e. The number of rotatable bonds is 2. The van der Waals surface area contributed by atoms with Crippen molar-refractivity contribution in [2.75, 3.05) is 39.3 Å². The fourth-order valence-electron chi connectivity index (χ4n) is 3.27. The first-order valence-electron chi connectivity index (χ1n) is 7.63. The molecule has 3 rings (SSSR count). The Morgan fingerprint density at radius 1 is 1.14 bits per heavy atom. The minimum absolute atomic E-state index is 0. The number of amides is 1. The molecular weight excluding hydrogens is 313 g/mol. The van der Waals surface area contributed by atoms with Crippen LogP contribution in [0.5, 0.6) is 0 Å². The van der Waals surface area contributed by atoms with E-state index >= 15 is 0 Å². The zero-order chi connectivity index (χ0) is 13.2. The number of piperazine rings is 1. The average Bonchev–Trinajstić information content (AvgIpc) is 2.37. The number of nitrogens with zero attached hydrogens (tertiary/aromatic N) is 2. The van der Waals surface area contributed by atoms with Crippen LogP contribution in [0.4, 0.5) is 0 Å². The van der Waals surface area contributed by atoms with Gasteiger partial charge in [0.05, 0.1) is 12.7 Å². The molecule has 2 saturated heterocycles. The van der Waals surface area contributed by atoms with Gasteiger partial charge in [-0.2, -0.15) is 0 Å². The molecule has 2 aliphatic heterocycles. The second-order valence-electron chi connectivity index (χ2n) is 5.95. The number of hydrogen-bond donors (Lipinski definition) is 1. The molecule has 0 aromatic carbocycles. The Bertz CT molecular complexity index is 334. The lowest BCUT2D eigenvalue weighted by Gasteiger charge is -2.44. The number of nitrogens with one attached hydrogen (secondary N) is 1. The van der Waals surface area contributed by atoms with Gasteiger partial charge < -0.3 is 15.0 Å². The number of ether oxygens (including phenoxy) is 1. The summed E-state index contributed by atoms with van der Waals surface area (Å²) in [4.78, 5) is 17.1. The van der Waals surface area contributed by atoms with Crippen LogP contribution in [0.3, 0.4) is 0 Å². The summed E-state index contributed by atoms with van der Waals surface area (Å²) >= 11 is 0. The van der Waals surface area contributed by atoms with E-state index in [4.69, 9.17) is 4.74 Å². The molecule has 1 amide bonds. The third-order valence-electron chi connectivity index (χ3n) is 4.80. The van der Waals surface area contributed by atoms with Gasteiger partial charge in [0, 0.05) is 38.8 Å². The lowest BCUT2D eigenvalue weighted by atomic mass is 9.91. The molecule has 3 fully saturated rings. The molecule has 2 atom stereocenters. The topological polar surface area (TPSA) is 44.8 Å². The van der Waals surface area contributed by atoms with Crippen molar-refractivity contribution < 1.29 is 9.53 Å². The second-order valence-corrected chi connectivity index (χ2v) is 5.95. The van der Waals surface area contributed by atoms with Gasteiger partial charge in [0.25, 0.3) is 0 Å². The van der Waals surface area contributed by atoms with E-state index < -0.39 is 0 Å². The summed E-state index contributed by atoms with van der Waals surface area (Å²) in [5, 5.41) is 3.29. The summed E-state index contributed by atoms with van der Waals surface area (Å²) in [5.41, 5.74) is 0. The van der Waals surface area contributed by atoms with E-state index in [-0.39, 0.29) is 42.9 Å². The van der Waals surface area contributed by atoms with Crippen molar-refractivity contribution in [1.29, 1.82) is 0 Å². The van der Waals surface area contributed by atoms with Crippen LogP contribution in [-0.2, 0) is 9.53 Å². The van der Waals surface area contributed by atoms with Gasteiger partial charge >= 0.3 is 0 Å². The first-order valence-corrected chi connectivity index (χ1v) is 7.63. The van der Waals surface area contributed by atoms with Crippen LogP contribution >= 0.6 is 24.8 Å². The number of carbonyl (C=O) groups is 1. The monoisotopic (exact) mass is 339 g/mol. The molecule has 3 aliphatic rings. The summed E-state index contributed by atoms with van der Waals surface area (Å²) in [6.45, 7) is 7.31. The quantitative estimate of drug-likeness (QED) is 0.812. The van der Waals surface area contributed by atoms with Crippen molar-refractivity contribution >= 4 is 30.7 Å². The third-order valence-corrected chi connectivity index (χ3v) is 4.80. The third kappa shape index (κ3) is 4.23.